The van der Waals surface area contributed by atoms with Crippen LogP contribution in [0.3, 0.4) is 0 Å². The number of nitrogens with zero attached hydrogens (tertiary/aromatic N) is 5. The molecule has 0 unspecified atom stereocenters. The van der Waals surface area contributed by atoms with E-state index in [-0.39, 0.29) is 0 Å². The number of hydrogen-bond donors (Lipinski definition) is 0. The van der Waals surface area contributed by atoms with Gasteiger partial charge >= 0.3 is 0 Å². The maximum atomic E-state index is 4.91. The van der Waals surface area contributed by atoms with E-state index in [1.54, 1.807) is 24.2 Å². The predicted molar refractivity (Wildman–Crippen MR) is 112 cm³/mol. The van der Waals surface area contributed by atoms with Crippen LogP contribution < -0.4 is 4.90 Å². The molecule has 3 heterocycles. The lowest BCUT2D eigenvalue weighted by molar-refractivity contribution is 0.311. The van der Waals surface area contributed by atoms with Gasteiger partial charge < -0.3 is 9.80 Å². The van der Waals surface area contributed by atoms with Crippen molar-refractivity contribution < 1.29 is 0 Å². The lowest BCUT2D eigenvalue weighted by Gasteiger charge is -2.32. The summed E-state index contributed by atoms with van der Waals surface area (Å²) < 4.78 is 0. The second-order valence-electron chi connectivity index (χ2n) is 6.69. The van der Waals surface area contributed by atoms with E-state index in [1.807, 2.05) is 12.1 Å². The van der Waals surface area contributed by atoms with E-state index in [2.05, 4.69) is 58.4 Å². The third-order valence-electron chi connectivity index (χ3n) is 4.86. The van der Waals surface area contributed by atoms with Gasteiger partial charge in [0.15, 0.2) is 0 Å². The molecule has 1 aliphatic heterocycles. The van der Waals surface area contributed by atoms with Crippen LogP contribution in [0.5, 0.6) is 0 Å². The van der Waals surface area contributed by atoms with E-state index in [4.69, 9.17) is 9.97 Å². The summed E-state index contributed by atoms with van der Waals surface area (Å²) in [6.07, 6.45) is 5.70. The lowest BCUT2D eigenvalue weighted by atomic mass is 10.1. The molecular formula is C21H23N5S. The maximum absolute atomic E-state index is 4.91. The van der Waals surface area contributed by atoms with Gasteiger partial charge in [-0.1, -0.05) is 12.1 Å². The fraction of sp³-hybridized carbons (Fsp3) is 0.286. The van der Waals surface area contributed by atoms with Crippen molar-refractivity contribution in [1.82, 2.24) is 19.9 Å². The molecular weight excluding hydrogens is 354 g/mol. The van der Waals surface area contributed by atoms with Gasteiger partial charge in [-0.05, 0) is 43.6 Å². The fourth-order valence-electron chi connectivity index (χ4n) is 3.16. The molecule has 0 saturated carbocycles. The van der Waals surface area contributed by atoms with Crippen LogP contribution in [-0.4, -0.2) is 59.3 Å². The molecule has 1 fully saturated rings. The lowest BCUT2D eigenvalue weighted by Crippen LogP contribution is -2.45. The van der Waals surface area contributed by atoms with Crippen LogP contribution in [0.25, 0.3) is 22.5 Å². The molecule has 1 aromatic carbocycles. The zero-order chi connectivity index (χ0) is 18.6. The smallest absolute Gasteiger partial charge is 0.226 e. The molecule has 5 nitrogen and oxygen atoms in total. The third-order valence-corrected chi connectivity index (χ3v) is 5.61. The Morgan fingerprint density at radius 2 is 1.41 bits per heavy atom. The van der Waals surface area contributed by atoms with Crippen LogP contribution in [0.15, 0.2) is 59.8 Å². The standard InChI is InChI=1S/C21H23N5S/c1-25-11-13-26(14-12-25)21-23-19(16-3-5-18(27-2)6-4-16)15-20(24-21)17-7-9-22-10-8-17/h3-10,15H,11-14H2,1-2H3. The first kappa shape index (κ1) is 17.9. The number of hydrogen-bond acceptors (Lipinski definition) is 6. The van der Waals surface area contributed by atoms with Crippen molar-refractivity contribution in [2.75, 3.05) is 44.4 Å². The number of pyridine rings is 1. The van der Waals surface area contributed by atoms with Gasteiger partial charge in [-0.3, -0.25) is 4.98 Å². The highest BCUT2D eigenvalue weighted by atomic mass is 32.2. The molecule has 0 radical (unpaired) electrons. The van der Waals surface area contributed by atoms with Crippen LogP contribution >= 0.6 is 11.8 Å². The number of benzene rings is 1. The van der Waals surface area contributed by atoms with Crippen molar-refractivity contribution >= 4 is 17.7 Å². The van der Waals surface area contributed by atoms with Crippen molar-refractivity contribution in [2.24, 2.45) is 0 Å². The summed E-state index contributed by atoms with van der Waals surface area (Å²) in [7, 11) is 2.16. The van der Waals surface area contributed by atoms with Gasteiger partial charge in [-0.15, -0.1) is 11.8 Å². The Labute approximate surface area is 164 Å². The summed E-state index contributed by atoms with van der Waals surface area (Å²) in [6, 6.07) is 14.6. The Bertz CT molecular complexity index is 890. The van der Waals surface area contributed by atoms with Crippen LogP contribution in [0.4, 0.5) is 5.95 Å². The van der Waals surface area contributed by atoms with Gasteiger partial charge in [0, 0.05) is 54.6 Å². The topological polar surface area (TPSA) is 45.2 Å². The molecule has 1 saturated heterocycles. The van der Waals surface area contributed by atoms with Crippen molar-refractivity contribution in [3.05, 3.63) is 54.9 Å². The van der Waals surface area contributed by atoms with Crippen LogP contribution in [0, 0.1) is 0 Å². The molecule has 138 valence electrons. The van der Waals surface area contributed by atoms with E-state index in [0.717, 1.165) is 54.6 Å². The summed E-state index contributed by atoms with van der Waals surface area (Å²) in [5, 5.41) is 0. The number of piperazine rings is 1. The second kappa shape index (κ2) is 8.06. The van der Waals surface area contributed by atoms with E-state index in [9.17, 15) is 0 Å². The van der Waals surface area contributed by atoms with Gasteiger partial charge in [0.05, 0.1) is 11.4 Å². The largest absolute Gasteiger partial charge is 0.338 e. The third kappa shape index (κ3) is 4.12. The molecule has 3 aromatic rings. The average Bonchev–Trinajstić information content (AvgIpc) is 2.74. The van der Waals surface area contributed by atoms with Gasteiger partial charge in [0.1, 0.15) is 0 Å². The summed E-state index contributed by atoms with van der Waals surface area (Å²) in [5.74, 6) is 0.807. The first-order chi connectivity index (χ1) is 13.2. The monoisotopic (exact) mass is 377 g/mol. The quantitative estimate of drug-likeness (QED) is 0.647. The zero-order valence-electron chi connectivity index (χ0n) is 15.7. The molecule has 0 amide bonds. The Balaban J connectivity index is 1.76. The van der Waals surface area contributed by atoms with Gasteiger partial charge in [-0.2, -0.15) is 0 Å². The summed E-state index contributed by atoms with van der Waals surface area (Å²) in [4.78, 5) is 19.8. The predicted octanol–water partition coefficient (Wildman–Crippen LogP) is 3.68. The van der Waals surface area contributed by atoms with E-state index in [1.165, 1.54) is 4.90 Å². The molecule has 27 heavy (non-hydrogen) atoms. The molecule has 1 aliphatic rings. The fourth-order valence-corrected chi connectivity index (χ4v) is 3.57. The van der Waals surface area contributed by atoms with Crippen LogP contribution in [0.1, 0.15) is 0 Å². The Kier molecular flexibility index (Phi) is 5.36. The number of anilines is 1. The number of aromatic nitrogens is 3. The average molecular weight is 378 g/mol. The SMILES string of the molecule is CSc1ccc(-c2cc(-c3ccncc3)nc(N3CCN(C)CC3)n2)cc1. The molecule has 0 aliphatic carbocycles. The second-order valence-corrected chi connectivity index (χ2v) is 7.57. The van der Waals surface area contributed by atoms with Crippen molar-refractivity contribution in [1.29, 1.82) is 0 Å². The zero-order valence-corrected chi connectivity index (χ0v) is 16.5. The molecule has 0 atom stereocenters. The van der Waals surface area contributed by atoms with Crippen LogP contribution in [0.2, 0.25) is 0 Å². The van der Waals surface area contributed by atoms with Crippen molar-refractivity contribution in [2.45, 2.75) is 4.90 Å². The minimum absolute atomic E-state index is 0.807. The Morgan fingerprint density at radius 3 is 2.00 bits per heavy atom. The first-order valence-electron chi connectivity index (χ1n) is 9.10. The van der Waals surface area contributed by atoms with E-state index < -0.39 is 0 Å². The molecule has 2 aromatic heterocycles. The molecule has 4 rings (SSSR count). The van der Waals surface area contributed by atoms with Crippen molar-refractivity contribution in [3.8, 4) is 22.5 Å². The van der Waals surface area contributed by atoms with Crippen LogP contribution in [-0.2, 0) is 0 Å². The highest BCUT2D eigenvalue weighted by molar-refractivity contribution is 7.98. The minimum atomic E-state index is 0.807. The molecule has 6 heteroatoms. The molecule has 0 spiro atoms. The highest BCUT2D eigenvalue weighted by Gasteiger charge is 2.18. The van der Waals surface area contributed by atoms with E-state index in [0.29, 0.717) is 0 Å². The summed E-state index contributed by atoms with van der Waals surface area (Å²) in [5.41, 5.74) is 4.06. The summed E-state index contributed by atoms with van der Waals surface area (Å²) >= 11 is 1.75. The number of thioether (sulfide) groups is 1. The maximum Gasteiger partial charge on any atom is 0.226 e. The van der Waals surface area contributed by atoms with Gasteiger partial charge in [0.25, 0.3) is 0 Å². The normalized spacial score (nSPS) is 15.1. The van der Waals surface area contributed by atoms with Gasteiger partial charge in [0.2, 0.25) is 5.95 Å². The minimum Gasteiger partial charge on any atom is -0.338 e. The molecule has 0 bridgehead atoms. The van der Waals surface area contributed by atoms with Crippen molar-refractivity contribution in [3.63, 3.8) is 0 Å². The Hall–Kier alpha value is -2.44. The number of rotatable bonds is 4. The molecule has 0 N–H and O–H groups in total. The number of likely N-dealkylation sites (N-methyl/N-ethyl adjacent to an activating group) is 1. The highest BCUT2D eigenvalue weighted by Crippen LogP contribution is 2.28. The summed E-state index contributed by atoms with van der Waals surface area (Å²) in [6.45, 7) is 3.95. The van der Waals surface area contributed by atoms with E-state index >= 15 is 0 Å². The first-order valence-corrected chi connectivity index (χ1v) is 10.3. The Morgan fingerprint density at radius 1 is 0.815 bits per heavy atom. The van der Waals surface area contributed by atoms with Gasteiger partial charge in [-0.25, -0.2) is 9.97 Å².